The molecule has 0 bridgehead atoms. The Morgan fingerprint density at radius 2 is 1.71 bits per heavy atom. The number of rotatable bonds is 4. The molecule has 0 unspecified atom stereocenters. The molecule has 1 saturated heterocycles. The number of carbonyl (C=O) groups excluding carboxylic acids is 1. The van der Waals surface area contributed by atoms with E-state index in [-0.39, 0.29) is 17.1 Å². The highest BCUT2D eigenvalue weighted by Gasteiger charge is 2.20. The van der Waals surface area contributed by atoms with Gasteiger partial charge in [-0.25, -0.2) is 4.39 Å². The number of hydrogen-bond donors (Lipinski definition) is 2. The van der Waals surface area contributed by atoms with Gasteiger partial charge >= 0.3 is 0 Å². The second kappa shape index (κ2) is 8.76. The van der Waals surface area contributed by atoms with Crippen molar-refractivity contribution in [2.24, 2.45) is 0 Å². The van der Waals surface area contributed by atoms with Crippen molar-refractivity contribution in [3.63, 3.8) is 0 Å². The Morgan fingerprint density at radius 3 is 2.45 bits per heavy atom. The predicted octanol–water partition coefficient (Wildman–Crippen LogP) is 3.85. The van der Waals surface area contributed by atoms with E-state index in [1.54, 1.807) is 60.8 Å². The Bertz CT molecular complexity index is 1190. The van der Waals surface area contributed by atoms with Crippen LogP contribution in [-0.4, -0.2) is 42.1 Å². The van der Waals surface area contributed by atoms with E-state index in [2.05, 4.69) is 5.32 Å². The number of nitriles is 1. The van der Waals surface area contributed by atoms with Gasteiger partial charge in [0.2, 0.25) is 0 Å². The normalized spacial score (nSPS) is 14.4. The summed E-state index contributed by atoms with van der Waals surface area (Å²) in [5.74, 6) is -0.656. The zero-order chi connectivity index (χ0) is 21.8. The number of anilines is 2. The Labute approximate surface area is 179 Å². The molecule has 1 aliphatic rings. The van der Waals surface area contributed by atoms with E-state index in [1.165, 1.54) is 6.07 Å². The zero-order valence-corrected chi connectivity index (χ0v) is 16.8. The molecule has 0 aliphatic carbocycles. The van der Waals surface area contributed by atoms with Crippen molar-refractivity contribution in [3.8, 4) is 11.8 Å². The molecule has 156 valence electrons. The van der Waals surface area contributed by atoms with Crippen LogP contribution in [0.1, 0.15) is 0 Å². The summed E-state index contributed by atoms with van der Waals surface area (Å²) in [5, 5.41) is 23.6. The molecule has 7 heteroatoms. The fourth-order valence-electron chi connectivity index (χ4n) is 3.71. The Hall–Kier alpha value is -4.05. The number of aromatic hydroxyl groups is 1. The molecule has 0 spiro atoms. The largest absolute Gasteiger partial charge is 0.507 e. The number of hydrogen-bond acceptors (Lipinski definition) is 5. The third kappa shape index (κ3) is 4.28. The van der Waals surface area contributed by atoms with Gasteiger partial charge in [-0.15, -0.1) is 0 Å². The molecule has 0 aromatic heterocycles. The first-order chi connectivity index (χ1) is 15.1. The van der Waals surface area contributed by atoms with E-state index in [0.29, 0.717) is 48.3 Å². The second-order valence-corrected chi connectivity index (χ2v) is 7.26. The molecular formula is C24H21FN4O2. The van der Waals surface area contributed by atoms with Crippen LogP contribution in [0.25, 0.3) is 10.8 Å². The third-order valence-corrected chi connectivity index (χ3v) is 5.33. The summed E-state index contributed by atoms with van der Waals surface area (Å²) in [7, 11) is 0. The van der Waals surface area contributed by atoms with Crippen LogP contribution in [0.2, 0.25) is 0 Å². The fraction of sp³-hybridized carbons (Fsp3) is 0.167. The van der Waals surface area contributed by atoms with Crippen LogP contribution in [0.15, 0.2) is 72.4 Å². The van der Waals surface area contributed by atoms with Crippen molar-refractivity contribution < 1.29 is 14.3 Å². The summed E-state index contributed by atoms with van der Waals surface area (Å²) < 4.78 is 14.0. The molecule has 1 heterocycles. The summed E-state index contributed by atoms with van der Waals surface area (Å²) in [6.07, 6.45) is 1.55. The van der Waals surface area contributed by atoms with Crippen molar-refractivity contribution in [2.75, 3.05) is 36.4 Å². The highest BCUT2D eigenvalue weighted by molar-refractivity contribution is 6.11. The monoisotopic (exact) mass is 416 g/mol. The van der Waals surface area contributed by atoms with E-state index in [4.69, 9.17) is 0 Å². The van der Waals surface area contributed by atoms with Crippen LogP contribution in [0, 0.1) is 17.1 Å². The van der Waals surface area contributed by atoms with Crippen molar-refractivity contribution in [1.82, 2.24) is 4.90 Å². The smallest absolute Gasteiger partial charge is 0.267 e. The Morgan fingerprint density at radius 1 is 1.00 bits per heavy atom. The van der Waals surface area contributed by atoms with Crippen LogP contribution < -0.4 is 10.2 Å². The lowest BCUT2D eigenvalue weighted by Crippen LogP contribution is -2.44. The first-order valence-corrected chi connectivity index (χ1v) is 9.94. The molecule has 31 heavy (non-hydrogen) atoms. The fourth-order valence-corrected chi connectivity index (χ4v) is 3.71. The quantitative estimate of drug-likeness (QED) is 0.499. The van der Waals surface area contributed by atoms with Gasteiger partial charge in [0, 0.05) is 48.8 Å². The maximum absolute atomic E-state index is 14.0. The van der Waals surface area contributed by atoms with E-state index >= 15 is 0 Å². The number of phenols is 1. The predicted molar refractivity (Wildman–Crippen MR) is 118 cm³/mol. The van der Waals surface area contributed by atoms with Gasteiger partial charge in [-0.1, -0.05) is 36.4 Å². The number of fused-ring (bicyclic) bond motifs is 1. The molecule has 3 aromatic carbocycles. The molecule has 2 N–H and O–H groups in total. The second-order valence-electron chi connectivity index (χ2n) is 7.26. The van der Waals surface area contributed by atoms with Crippen LogP contribution in [0.5, 0.6) is 5.75 Å². The number of nitrogens with zero attached hydrogens (tertiary/aromatic N) is 3. The van der Waals surface area contributed by atoms with E-state index in [1.807, 2.05) is 15.9 Å². The van der Waals surface area contributed by atoms with Gasteiger partial charge in [-0.2, -0.15) is 5.26 Å². The number of halogens is 1. The highest BCUT2D eigenvalue weighted by Crippen LogP contribution is 2.30. The van der Waals surface area contributed by atoms with Crippen LogP contribution in [0.4, 0.5) is 15.8 Å². The number of amides is 1. The minimum atomic E-state index is -0.519. The minimum absolute atomic E-state index is 0.0171. The van der Waals surface area contributed by atoms with Crippen LogP contribution >= 0.6 is 0 Å². The first-order valence-electron chi connectivity index (χ1n) is 9.94. The van der Waals surface area contributed by atoms with Gasteiger partial charge in [0.15, 0.2) is 0 Å². The molecule has 4 rings (SSSR count). The molecule has 6 nitrogen and oxygen atoms in total. The minimum Gasteiger partial charge on any atom is -0.507 e. The maximum atomic E-state index is 14.0. The van der Waals surface area contributed by atoms with Gasteiger partial charge in [-0.05, 0) is 24.3 Å². The molecule has 3 aromatic rings. The van der Waals surface area contributed by atoms with E-state index < -0.39 is 5.91 Å². The standard InChI is InChI=1S/C24H21FN4O2/c25-20-7-1-2-9-22(20)29-13-11-28(12-14-29)16-17(15-26)24(31)27-21-8-3-6-19-18(21)5-4-10-23(19)30/h1-10,16,30H,11-14H2,(H,27,31)/b17-16-. The first kappa shape index (κ1) is 20.2. The number of carbonyl (C=O) groups is 1. The van der Waals surface area contributed by atoms with Gasteiger partial charge in [0.25, 0.3) is 5.91 Å². The average molecular weight is 416 g/mol. The molecule has 1 fully saturated rings. The molecule has 0 saturated carbocycles. The lowest BCUT2D eigenvalue weighted by molar-refractivity contribution is -0.112. The van der Waals surface area contributed by atoms with Gasteiger partial charge < -0.3 is 20.2 Å². The number of phenolic OH excluding ortho intramolecular Hbond substituents is 1. The molecule has 1 amide bonds. The summed E-state index contributed by atoms with van der Waals surface area (Å²) in [4.78, 5) is 16.6. The molecule has 0 atom stereocenters. The summed E-state index contributed by atoms with van der Waals surface area (Å²) in [5.41, 5.74) is 1.06. The lowest BCUT2D eigenvalue weighted by atomic mass is 10.1. The summed E-state index contributed by atoms with van der Waals surface area (Å²) in [6, 6.07) is 18.9. The molecular weight excluding hydrogens is 395 g/mol. The number of para-hydroxylation sites is 1. The molecule has 1 aliphatic heterocycles. The van der Waals surface area contributed by atoms with Gasteiger partial charge in [0.1, 0.15) is 23.2 Å². The third-order valence-electron chi connectivity index (χ3n) is 5.33. The number of piperazine rings is 1. The van der Waals surface area contributed by atoms with E-state index in [0.717, 1.165) is 0 Å². The Kier molecular flexibility index (Phi) is 5.72. The molecule has 0 radical (unpaired) electrons. The zero-order valence-electron chi connectivity index (χ0n) is 16.8. The van der Waals surface area contributed by atoms with Crippen LogP contribution in [0.3, 0.4) is 0 Å². The summed E-state index contributed by atoms with van der Waals surface area (Å²) in [6.45, 7) is 2.30. The van der Waals surface area contributed by atoms with Crippen molar-refractivity contribution in [3.05, 3.63) is 78.3 Å². The summed E-state index contributed by atoms with van der Waals surface area (Å²) >= 11 is 0. The highest BCUT2D eigenvalue weighted by atomic mass is 19.1. The number of benzene rings is 3. The van der Waals surface area contributed by atoms with E-state index in [9.17, 15) is 19.6 Å². The lowest BCUT2D eigenvalue weighted by Gasteiger charge is -2.35. The van der Waals surface area contributed by atoms with Crippen molar-refractivity contribution in [2.45, 2.75) is 0 Å². The van der Waals surface area contributed by atoms with Crippen LogP contribution in [-0.2, 0) is 4.79 Å². The Balaban J connectivity index is 1.46. The number of nitrogens with one attached hydrogen (secondary N) is 1. The maximum Gasteiger partial charge on any atom is 0.267 e. The topological polar surface area (TPSA) is 79.6 Å². The SMILES string of the molecule is N#C/C(=C/N1CCN(c2ccccc2F)CC1)C(=O)Nc1cccc2c(O)cccc12. The van der Waals surface area contributed by atoms with Crippen molar-refractivity contribution >= 4 is 28.1 Å². The van der Waals surface area contributed by atoms with Crippen molar-refractivity contribution in [1.29, 1.82) is 5.26 Å². The average Bonchev–Trinajstić information content (AvgIpc) is 2.79. The van der Waals surface area contributed by atoms with Gasteiger partial charge in [0.05, 0.1) is 5.69 Å². The van der Waals surface area contributed by atoms with Gasteiger partial charge in [-0.3, -0.25) is 4.79 Å².